The van der Waals surface area contributed by atoms with Crippen molar-refractivity contribution in [3.63, 3.8) is 0 Å². The highest BCUT2D eigenvalue weighted by atomic mass is 35.5. The van der Waals surface area contributed by atoms with E-state index in [0.29, 0.717) is 5.89 Å². The summed E-state index contributed by atoms with van der Waals surface area (Å²) < 4.78 is 5.57. The molecule has 0 spiro atoms. The van der Waals surface area contributed by atoms with E-state index in [1.54, 1.807) is 6.07 Å². The van der Waals surface area contributed by atoms with E-state index in [2.05, 4.69) is 15.5 Å². The molecule has 0 saturated heterocycles. The van der Waals surface area contributed by atoms with Crippen molar-refractivity contribution in [3.8, 4) is 11.5 Å². The first-order valence-electron chi connectivity index (χ1n) is 6.58. The molecule has 2 rings (SSSR count). The highest BCUT2D eigenvalue weighted by Crippen LogP contribution is 2.35. The number of nitro groups is 1. The molecule has 21 heavy (non-hydrogen) atoms. The highest BCUT2D eigenvalue weighted by Gasteiger charge is 2.25. The van der Waals surface area contributed by atoms with E-state index in [1.165, 1.54) is 12.1 Å². The van der Waals surface area contributed by atoms with Crippen LogP contribution in [0.3, 0.4) is 0 Å². The fourth-order valence-corrected chi connectivity index (χ4v) is 2.26. The van der Waals surface area contributed by atoms with Crippen LogP contribution in [0, 0.1) is 10.1 Å². The maximum atomic E-state index is 11.1. The van der Waals surface area contributed by atoms with Crippen LogP contribution >= 0.6 is 11.6 Å². The largest absolute Gasteiger partial charge is 0.419 e. The van der Waals surface area contributed by atoms with Crippen molar-refractivity contribution in [2.45, 2.75) is 26.3 Å². The molecule has 1 aromatic carbocycles. The number of hydrogen-bond acceptors (Lipinski definition) is 6. The van der Waals surface area contributed by atoms with Crippen molar-refractivity contribution in [2.75, 3.05) is 6.54 Å². The van der Waals surface area contributed by atoms with Crippen LogP contribution in [0.5, 0.6) is 0 Å². The summed E-state index contributed by atoms with van der Waals surface area (Å²) in [6.45, 7) is 4.70. The van der Waals surface area contributed by atoms with Gasteiger partial charge in [-0.3, -0.25) is 10.1 Å². The zero-order chi connectivity index (χ0) is 15.4. The van der Waals surface area contributed by atoms with E-state index in [0.717, 1.165) is 13.0 Å². The summed E-state index contributed by atoms with van der Waals surface area (Å²) in [6.07, 6.45) is 0.764. The lowest BCUT2D eigenvalue weighted by molar-refractivity contribution is -0.384. The number of nitro benzene ring substituents is 1. The average Bonchev–Trinajstić information content (AvgIpc) is 2.93. The van der Waals surface area contributed by atoms with Gasteiger partial charge in [0.2, 0.25) is 5.89 Å². The maximum absolute atomic E-state index is 11.1. The van der Waals surface area contributed by atoms with E-state index in [1.807, 2.05) is 13.8 Å². The molecule has 0 aliphatic heterocycles. The number of benzene rings is 1. The fourth-order valence-electron chi connectivity index (χ4n) is 2.01. The van der Waals surface area contributed by atoms with Crippen molar-refractivity contribution in [3.05, 3.63) is 39.2 Å². The monoisotopic (exact) mass is 310 g/mol. The molecule has 0 radical (unpaired) electrons. The molecule has 1 atom stereocenters. The zero-order valence-electron chi connectivity index (χ0n) is 11.7. The quantitative estimate of drug-likeness (QED) is 0.649. The van der Waals surface area contributed by atoms with Crippen LogP contribution in [0.1, 0.15) is 32.2 Å². The lowest BCUT2D eigenvalue weighted by Crippen LogP contribution is -2.20. The Morgan fingerprint density at radius 2 is 2.19 bits per heavy atom. The Kier molecular flexibility index (Phi) is 4.87. The van der Waals surface area contributed by atoms with E-state index in [4.69, 9.17) is 16.0 Å². The van der Waals surface area contributed by atoms with E-state index < -0.39 is 4.92 Å². The molecule has 0 amide bonds. The van der Waals surface area contributed by atoms with Gasteiger partial charge in [0.25, 0.3) is 11.6 Å². The van der Waals surface area contributed by atoms with Gasteiger partial charge in [0.15, 0.2) is 0 Å². The fraction of sp³-hybridized carbons (Fsp3) is 0.385. The molecule has 7 nitrogen and oxygen atoms in total. The molecular weight excluding hydrogens is 296 g/mol. The van der Waals surface area contributed by atoms with Gasteiger partial charge in [-0.25, -0.2) is 0 Å². The van der Waals surface area contributed by atoms with Gasteiger partial charge in [-0.05, 0) is 19.0 Å². The molecule has 0 bridgehead atoms. The first-order chi connectivity index (χ1) is 10.1. The van der Waals surface area contributed by atoms with Crippen LogP contribution in [0.15, 0.2) is 22.6 Å². The molecule has 0 aliphatic rings. The summed E-state index contributed by atoms with van der Waals surface area (Å²) in [6, 6.07) is 4.33. The van der Waals surface area contributed by atoms with E-state index in [9.17, 15) is 10.1 Å². The van der Waals surface area contributed by atoms with Gasteiger partial charge in [-0.1, -0.05) is 31.5 Å². The molecule has 0 fully saturated rings. The molecule has 112 valence electrons. The summed E-state index contributed by atoms with van der Waals surface area (Å²) in [5, 5.41) is 22.4. The predicted octanol–water partition coefficient (Wildman–Crippen LogP) is 3.36. The minimum atomic E-state index is -0.521. The zero-order valence-corrected chi connectivity index (χ0v) is 12.4. The molecule has 0 saturated carbocycles. The van der Waals surface area contributed by atoms with E-state index >= 15 is 0 Å². The Labute approximate surface area is 126 Å². The van der Waals surface area contributed by atoms with Crippen LogP contribution in [0.4, 0.5) is 5.69 Å². The van der Waals surface area contributed by atoms with Gasteiger partial charge in [0, 0.05) is 6.07 Å². The Morgan fingerprint density at radius 3 is 2.81 bits per heavy atom. The lowest BCUT2D eigenvalue weighted by Gasteiger charge is -2.10. The topological polar surface area (TPSA) is 94.1 Å². The molecule has 1 aromatic heterocycles. The third-order valence-electron chi connectivity index (χ3n) is 3.00. The minimum Gasteiger partial charge on any atom is -0.419 e. The van der Waals surface area contributed by atoms with Crippen LogP contribution in [0.2, 0.25) is 5.02 Å². The summed E-state index contributed by atoms with van der Waals surface area (Å²) in [5.41, 5.74) is -0.0107. The summed E-state index contributed by atoms with van der Waals surface area (Å²) in [7, 11) is 0. The maximum Gasteiger partial charge on any atom is 0.283 e. The first kappa shape index (κ1) is 15.4. The number of halogens is 1. The number of nitrogens with one attached hydrogen (secondary N) is 1. The number of hydrogen-bond donors (Lipinski definition) is 1. The van der Waals surface area contributed by atoms with Gasteiger partial charge < -0.3 is 9.73 Å². The number of nitrogens with zero attached hydrogens (tertiary/aromatic N) is 3. The number of rotatable bonds is 6. The Balaban J connectivity index is 2.45. The molecule has 0 aliphatic carbocycles. The molecule has 1 unspecified atom stereocenters. The standard InChI is InChI=1S/C13H15ClN4O3/c1-3-9(15-4-2)12-16-17-13(21-12)11-8(14)6-5-7-10(11)18(19)20/h5-7,9,15H,3-4H2,1-2H3. The summed E-state index contributed by atoms with van der Waals surface area (Å²) in [5.74, 6) is 0.447. The average molecular weight is 311 g/mol. The van der Waals surface area contributed by atoms with Gasteiger partial charge in [0.05, 0.1) is 16.0 Å². The van der Waals surface area contributed by atoms with Crippen molar-refractivity contribution < 1.29 is 9.34 Å². The normalized spacial score (nSPS) is 12.3. The van der Waals surface area contributed by atoms with Crippen LogP contribution < -0.4 is 5.32 Å². The molecule has 8 heteroatoms. The van der Waals surface area contributed by atoms with Crippen molar-refractivity contribution in [1.29, 1.82) is 0 Å². The number of aromatic nitrogens is 2. The van der Waals surface area contributed by atoms with Crippen molar-refractivity contribution >= 4 is 17.3 Å². The summed E-state index contributed by atoms with van der Waals surface area (Å²) in [4.78, 5) is 10.6. The molecular formula is C13H15ClN4O3. The third kappa shape index (κ3) is 3.20. The van der Waals surface area contributed by atoms with Crippen molar-refractivity contribution in [2.24, 2.45) is 0 Å². The highest BCUT2D eigenvalue weighted by molar-refractivity contribution is 6.33. The van der Waals surface area contributed by atoms with Crippen LogP contribution in [-0.4, -0.2) is 21.7 Å². The lowest BCUT2D eigenvalue weighted by atomic mass is 10.2. The van der Waals surface area contributed by atoms with Crippen LogP contribution in [0.25, 0.3) is 11.5 Å². The van der Waals surface area contributed by atoms with Gasteiger partial charge >= 0.3 is 0 Å². The second kappa shape index (κ2) is 6.64. The summed E-state index contributed by atoms with van der Waals surface area (Å²) >= 11 is 6.04. The van der Waals surface area contributed by atoms with E-state index in [-0.39, 0.29) is 28.2 Å². The second-order valence-electron chi connectivity index (χ2n) is 4.36. The van der Waals surface area contributed by atoms with Gasteiger partial charge in [-0.15, -0.1) is 10.2 Å². The first-order valence-corrected chi connectivity index (χ1v) is 6.96. The Morgan fingerprint density at radius 1 is 1.43 bits per heavy atom. The Hall–Kier alpha value is -1.99. The van der Waals surface area contributed by atoms with Gasteiger partial charge in [0.1, 0.15) is 5.56 Å². The van der Waals surface area contributed by atoms with Gasteiger partial charge in [-0.2, -0.15) is 0 Å². The second-order valence-corrected chi connectivity index (χ2v) is 4.76. The van der Waals surface area contributed by atoms with Crippen molar-refractivity contribution in [1.82, 2.24) is 15.5 Å². The Bertz CT molecular complexity index is 644. The molecule has 1 heterocycles. The molecule has 2 aromatic rings. The predicted molar refractivity (Wildman–Crippen MR) is 78.1 cm³/mol. The van der Waals surface area contributed by atoms with Crippen LogP contribution in [-0.2, 0) is 0 Å². The SMILES string of the molecule is CCNC(CC)c1nnc(-c2c(Cl)cccc2[N+](=O)[O-])o1. The third-order valence-corrected chi connectivity index (χ3v) is 3.31. The molecule has 1 N–H and O–H groups in total. The smallest absolute Gasteiger partial charge is 0.283 e. The minimum absolute atomic E-state index is 0.0543.